The molecule has 1 aromatic heterocycles. The molecular formula is C12H16O4S. The van der Waals surface area contributed by atoms with E-state index in [9.17, 15) is 4.79 Å². The molecule has 0 radical (unpaired) electrons. The largest absolute Gasteiger partial charge is 0.469 e. The van der Waals surface area contributed by atoms with Crippen molar-refractivity contribution >= 4 is 17.3 Å². The molecule has 0 spiro atoms. The molecule has 1 aliphatic heterocycles. The van der Waals surface area contributed by atoms with Gasteiger partial charge in [-0.05, 0) is 26.0 Å². The fraction of sp³-hybridized carbons (Fsp3) is 0.583. The van der Waals surface area contributed by atoms with Crippen molar-refractivity contribution in [3.05, 3.63) is 21.9 Å². The van der Waals surface area contributed by atoms with Crippen molar-refractivity contribution in [2.45, 2.75) is 32.2 Å². The van der Waals surface area contributed by atoms with Crippen LogP contribution < -0.4 is 0 Å². The summed E-state index contributed by atoms with van der Waals surface area (Å²) in [6.07, 6.45) is 0.00560. The smallest absolute Gasteiger partial charge is 0.308 e. The van der Waals surface area contributed by atoms with Crippen molar-refractivity contribution in [1.29, 1.82) is 0 Å². The highest BCUT2D eigenvalue weighted by Gasteiger charge is 2.40. The molecule has 2 heterocycles. The van der Waals surface area contributed by atoms with Crippen LogP contribution in [0.25, 0.3) is 0 Å². The SMILES string of the molecule is COC(=O)CC1COC(C)(c2ccc(C)s2)O1. The summed E-state index contributed by atoms with van der Waals surface area (Å²) in [5.41, 5.74) is 0. The van der Waals surface area contributed by atoms with E-state index in [1.807, 2.05) is 26.0 Å². The predicted molar refractivity (Wildman–Crippen MR) is 63.9 cm³/mol. The van der Waals surface area contributed by atoms with Gasteiger partial charge in [0.05, 0.1) is 31.1 Å². The molecule has 5 heteroatoms. The first-order valence-corrected chi connectivity index (χ1v) is 6.30. The van der Waals surface area contributed by atoms with Crippen LogP contribution in [0.1, 0.15) is 23.1 Å². The lowest BCUT2D eigenvalue weighted by Crippen LogP contribution is -2.23. The van der Waals surface area contributed by atoms with Crippen molar-refractivity contribution in [2.24, 2.45) is 0 Å². The van der Waals surface area contributed by atoms with Gasteiger partial charge in [0.2, 0.25) is 5.79 Å². The fourth-order valence-corrected chi connectivity index (χ4v) is 2.73. The van der Waals surface area contributed by atoms with E-state index in [1.165, 1.54) is 12.0 Å². The van der Waals surface area contributed by atoms with E-state index < -0.39 is 5.79 Å². The Bertz CT molecular complexity index is 414. The normalized spacial score (nSPS) is 28.3. The van der Waals surface area contributed by atoms with Gasteiger partial charge in [-0.2, -0.15) is 0 Å². The summed E-state index contributed by atoms with van der Waals surface area (Å²) >= 11 is 1.64. The van der Waals surface area contributed by atoms with Gasteiger partial charge >= 0.3 is 5.97 Å². The molecular weight excluding hydrogens is 240 g/mol. The maximum Gasteiger partial charge on any atom is 0.308 e. The highest BCUT2D eigenvalue weighted by Crippen LogP contribution is 2.38. The average Bonchev–Trinajstić information content (AvgIpc) is 2.87. The minimum absolute atomic E-state index is 0.227. The summed E-state index contributed by atoms with van der Waals surface area (Å²) in [5.74, 6) is -0.998. The topological polar surface area (TPSA) is 44.8 Å². The Labute approximate surface area is 104 Å². The second kappa shape index (κ2) is 4.76. The molecule has 1 aromatic rings. The van der Waals surface area contributed by atoms with E-state index >= 15 is 0 Å². The second-order valence-electron chi connectivity index (χ2n) is 4.19. The number of hydrogen-bond acceptors (Lipinski definition) is 5. The van der Waals surface area contributed by atoms with Gasteiger partial charge in [0, 0.05) is 4.88 Å². The molecule has 0 aliphatic carbocycles. The van der Waals surface area contributed by atoms with Crippen LogP contribution in [-0.4, -0.2) is 25.8 Å². The van der Waals surface area contributed by atoms with Crippen molar-refractivity contribution < 1.29 is 19.0 Å². The van der Waals surface area contributed by atoms with Crippen LogP contribution in [0.4, 0.5) is 0 Å². The third-order valence-corrected chi connectivity index (χ3v) is 3.93. The lowest BCUT2D eigenvalue weighted by molar-refractivity contribution is -0.164. The van der Waals surface area contributed by atoms with Crippen LogP contribution in [0, 0.1) is 6.92 Å². The van der Waals surface area contributed by atoms with E-state index in [0.29, 0.717) is 6.61 Å². The van der Waals surface area contributed by atoms with Crippen LogP contribution >= 0.6 is 11.3 Å². The number of aryl methyl sites for hydroxylation is 1. The highest BCUT2D eigenvalue weighted by molar-refractivity contribution is 7.12. The summed E-state index contributed by atoms with van der Waals surface area (Å²) in [7, 11) is 1.37. The predicted octanol–water partition coefficient (Wildman–Crippen LogP) is 2.21. The second-order valence-corrected chi connectivity index (χ2v) is 5.48. The van der Waals surface area contributed by atoms with Gasteiger partial charge in [0.15, 0.2) is 0 Å². The van der Waals surface area contributed by atoms with Crippen molar-refractivity contribution in [3.8, 4) is 0 Å². The quantitative estimate of drug-likeness (QED) is 0.778. The number of carbonyl (C=O) groups is 1. The van der Waals surface area contributed by atoms with E-state index in [2.05, 4.69) is 4.74 Å². The zero-order valence-electron chi connectivity index (χ0n) is 10.2. The van der Waals surface area contributed by atoms with E-state index in [4.69, 9.17) is 9.47 Å². The number of thiophene rings is 1. The standard InChI is InChI=1S/C12H16O4S/c1-8-4-5-10(17-8)12(2)15-7-9(16-12)6-11(13)14-3/h4-5,9H,6-7H2,1-3H3. The zero-order chi connectivity index (χ0) is 12.5. The lowest BCUT2D eigenvalue weighted by atomic mass is 10.2. The molecule has 2 rings (SSSR count). The van der Waals surface area contributed by atoms with Gasteiger partial charge in [-0.25, -0.2) is 0 Å². The third kappa shape index (κ3) is 2.68. The molecule has 2 unspecified atom stereocenters. The number of esters is 1. The van der Waals surface area contributed by atoms with Crippen LogP contribution in [0.2, 0.25) is 0 Å². The molecule has 0 aromatic carbocycles. The monoisotopic (exact) mass is 256 g/mol. The summed E-state index contributed by atoms with van der Waals surface area (Å²) in [4.78, 5) is 13.4. The Kier molecular flexibility index (Phi) is 3.51. The molecule has 0 bridgehead atoms. The highest BCUT2D eigenvalue weighted by atomic mass is 32.1. The summed E-state index contributed by atoms with van der Waals surface area (Å²) in [6, 6.07) is 4.03. The first-order valence-electron chi connectivity index (χ1n) is 5.49. The van der Waals surface area contributed by atoms with Crippen LogP contribution in [0.5, 0.6) is 0 Å². The molecule has 0 saturated carbocycles. The molecule has 17 heavy (non-hydrogen) atoms. The molecule has 0 amide bonds. The van der Waals surface area contributed by atoms with Crippen LogP contribution in [-0.2, 0) is 24.8 Å². The Morgan fingerprint density at radius 1 is 1.65 bits per heavy atom. The molecule has 1 fully saturated rings. The van der Waals surface area contributed by atoms with Crippen LogP contribution in [0.15, 0.2) is 12.1 Å². The lowest BCUT2D eigenvalue weighted by Gasteiger charge is -2.21. The Morgan fingerprint density at radius 3 is 3.00 bits per heavy atom. The van der Waals surface area contributed by atoms with Gasteiger partial charge in [0.1, 0.15) is 0 Å². The summed E-state index contributed by atoms with van der Waals surface area (Å²) in [6.45, 7) is 4.34. The Hall–Kier alpha value is -0.910. The summed E-state index contributed by atoms with van der Waals surface area (Å²) < 4.78 is 16.1. The molecule has 2 atom stereocenters. The third-order valence-electron chi connectivity index (χ3n) is 2.75. The van der Waals surface area contributed by atoms with Gasteiger partial charge < -0.3 is 14.2 Å². The van der Waals surface area contributed by atoms with Gasteiger partial charge in [0.25, 0.3) is 0 Å². The van der Waals surface area contributed by atoms with Crippen molar-refractivity contribution in [2.75, 3.05) is 13.7 Å². The maximum atomic E-state index is 11.2. The van der Waals surface area contributed by atoms with Gasteiger partial charge in [-0.1, -0.05) is 0 Å². The number of hydrogen-bond donors (Lipinski definition) is 0. The molecule has 1 aliphatic rings. The number of carbonyl (C=O) groups excluding carboxylic acids is 1. The molecule has 4 nitrogen and oxygen atoms in total. The minimum Gasteiger partial charge on any atom is -0.469 e. The minimum atomic E-state index is -0.725. The van der Waals surface area contributed by atoms with E-state index in [1.54, 1.807) is 11.3 Å². The first kappa shape index (κ1) is 12.5. The van der Waals surface area contributed by atoms with Gasteiger partial charge in [-0.15, -0.1) is 11.3 Å². The number of methoxy groups -OCH3 is 1. The van der Waals surface area contributed by atoms with Crippen LogP contribution in [0.3, 0.4) is 0 Å². The summed E-state index contributed by atoms with van der Waals surface area (Å²) in [5, 5.41) is 0. The Morgan fingerprint density at radius 2 is 2.41 bits per heavy atom. The first-order chi connectivity index (χ1) is 8.03. The van der Waals surface area contributed by atoms with E-state index in [-0.39, 0.29) is 18.5 Å². The average molecular weight is 256 g/mol. The molecule has 0 N–H and O–H groups in total. The molecule has 94 valence electrons. The number of ether oxygens (including phenoxy) is 3. The maximum absolute atomic E-state index is 11.2. The van der Waals surface area contributed by atoms with E-state index in [0.717, 1.165) is 4.88 Å². The molecule has 1 saturated heterocycles. The fourth-order valence-electron chi connectivity index (χ4n) is 1.82. The zero-order valence-corrected chi connectivity index (χ0v) is 11.0. The Balaban J connectivity index is 2.03. The van der Waals surface area contributed by atoms with Crippen molar-refractivity contribution in [3.63, 3.8) is 0 Å². The number of rotatable bonds is 3. The van der Waals surface area contributed by atoms with Crippen molar-refractivity contribution in [1.82, 2.24) is 0 Å². The van der Waals surface area contributed by atoms with Gasteiger partial charge in [-0.3, -0.25) is 4.79 Å².